The summed E-state index contributed by atoms with van der Waals surface area (Å²) in [6.45, 7) is 5.58. The van der Waals surface area contributed by atoms with Gasteiger partial charge in [-0.2, -0.15) is 0 Å². The number of furan rings is 1. The number of ether oxygens (including phenoxy) is 1. The number of nitrogens with one attached hydrogen (secondary N) is 1. The standard InChI is InChI=1S/C18H25N3O4/c1-12(2)15-9-14(25-20-15)10-19-18(22)21-8-4-5-16(21)17-7-6-13(24-17)11-23-3/h6-7,9,12,16H,4-5,8,10-11H2,1-3H3,(H,19,22). The first kappa shape index (κ1) is 17.5. The summed E-state index contributed by atoms with van der Waals surface area (Å²) in [6.07, 6.45) is 1.85. The molecule has 2 aromatic heterocycles. The zero-order valence-corrected chi connectivity index (χ0v) is 14.9. The molecule has 0 radical (unpaired) electrons. The Morgan fingerprint density at radius 2 is 2.28 bits per heavy atom. The van der Waals surface area contributed by atoms with Gasteiger partial charge in [0.2, 0.25) is 0 Å². The highest BCUT2D eigenvalue weighted by atomic mass is 16.5. The van der Waals surface area contributed by atoms with Crippen LogP contribution in [0.3, 0.4) is 0 Å². The van der Waals surface area contributed by atoms with E-state index in [2.05, 4.69) is 24.3 Å². The molecule has 1 aliphatic rings. The molecule has 1 atom stereocenters. The van der Waals surface area contributed by atoms with Crippen molar-refractivity contribution in [1.29, 1.82) is 0 Å². The van der Waals surface area contributed by atoms with Crippen molar-refractivity contribution < 1.29 is 18.5 Å². The molecule has 136 valence electrons. The number of nitrogens with zero attached hydrogens (tertiary/aromatic N) is 2. The Hall–Kier alpha value is -2.28. The number of urea groups is 1. The lowest BCUT2D eigenvalue weighted by atomic mass is 10.1. The van der Waals surface area contributed by atoms with Crippen molar-refractivity contribution in [3.63, 3.8) is 0 Å². The highest BCUT2D eigenvalue weighted by Gasteiger charge is 2.32. The third-order valence-electron chi connectivity index (χ3n) is 4.39. The van der Waals surface area contributed by atoms with Crippen molar-refractivity contribution in [3.8, 4) is 0 Å². The molecule has 25 heavy (non-hydrogen) atoms. The minimum absolute atomic E-state index is 0.0356. The monoisotopic (exact) mass is 347 g/mol. The third kappa shape index (κ3) is 4.04. The summed E-state index contributed by atoms with van der Waals surface area (Å²) in [7, 11) is 1.63. The third-order valence-corrected chi connectivity index (χ3v) is 4.39. The number of aromatic nitrogens is 1. The lowest BCUT2D eigenvalue weighted by Gasteiger charge is -2.23. The van der Waals surface area contributed by atoms with Gasteiger partial charge in [0.25, 0.3) is 0 Å². The molecule has 0 aliphatic carbocycles. The molecule has 3 rings (SSSR count). The molecule has 0 saturated carbocycles. The highest BCUT2D eigenvalue weighted by Crippen LogP contribution is 2.33. The predicted molar refractivity (Wildman–Crippen MR) is 90.9 cm³/mol. The maximum Gasteiger partial charge on any atom is 0.318 e. The second kappa shape index (κ2) is 7.74. The second-order valence-electron chi connectivity index (χ2n) is 6.62. The number of methoxy groups -OCH3 is 1. The lowest BCUT2D eigenvalue weighted by molar-refractivity contribution is 0.156. The van der Waals surface area contributed by atoms with Crippen LogP contribution in [0.4, 0.5) is 4.79 Å². The van der Waals surface area contributed by atoms with Gasteiger partial charge in [-0.1, -0.05) is 19.0 Å². The van der Waals surface area contributed by atoms with Crippen molar-refractivity contribution in [3.05, 3.63) is 41.2 Å². The average Bonchev–Trinajstić information content (AvgIpc) is 3.32. The molecule has 1 unspecified atom stereocenters. The first-order chi connectivity index (χ1) is 12.1. The fourth-order valence-electron chi connectivity index (χ4n) is 3.05. The molecule has 2 aromatic rings. The first-order valence-electron chi connectivity index (χ1n) is 8.66. The number of hydrogen-bond donors (Lipinski definition) is 1. The van der Waals surface area contributed by atoms with Gasteiger partial charge < -0.3 is 23.9 Å². The van der Waals surface area contributed by atoms with E-state index in [9.17, 15) is 4.79 Å². The maximum absolute atomic E-state index is 12.6. The van der Waals surface area contributed by atoms with Crippen molar-refractivity contribution >= 4 is 6.03 Å². The number of carbonyl (C=O) groups is 1. The summed E-state index contributed by atoms with van der Waals surface area (Å²) in [4.78, 5) is 14.4. The quantitative estimate of drug-likeness (QED) is 0.864. The van der Waals surface area contributed by atoms with E-state index in [-0.39, 0.29) is 12.1 Å². The van der Waals surface area contributed by atoms with Crippen LogP contribution in [0.1, 0.15) is 61.6 Å². The molecule has 7 nitrogen and oxygen atoms in total. The van der Waals surface area contributed by atoms with Crippen LogP contribution in [0.5, 0.6) is 0 Å². The van der Waals surface area contributed by atoms with Gasteiger partial charge >= 0.3 is 6.03 Å². The minimum Gasteiger partial charge on any atom is -0.461 e. The van der Waals surface area contributed by atoms with Crippen LogP contribution in [0, 0.1) is 0 Å². The number of likely N-dealkylation sites (tertiary alicyclic amines) is 1. The van der Waals surface area contributed by atoms with Gasteiger partial charge in [-0.3, -0.25) is 0 Å². The fraction of sp³-hybridized carbons (Fsp3) is 0.556. The van der Waals surface area contributed by atoms with Crippen molar-refractivity contribution in [2.45, 2.75) is 51.8 Å². The molecule has 1 N–H and O–H groups in total. The van der Waals surface area contributed by atoms with E-state index in [1.54, 1.807) is 7.11 Å². The molecular weight excluding hydrogens is 322 g/mol. The normalized spacial score (nSPS) is 17.4. The van der Waals surface area contributed by atoms with Crippen molar-refractivity contribution in [2.24, 2.45) is 0 Å². The van der Waals surface area contributed by atoms with Gasteiger partial charge in [-0.05, 0) is 30.9 Å². The van der Waals surface area contributed by atoms with Gasteiger partial charge in [-0.15, -0.1) is 0 Å². The summed E-state index contributed by atoms with van der Waals surface area (Å²) in [5.74, 6) is 2.54. The van der Waals surface area contributed by atoms with Crippen molar-refractivity contribution in [1.82, 2.24) is 15.4 Å². The van der Waals surface area contributed by atoms with Crippen LogP contribution in [-0.4, -0.2) is 29.7 Å². The fourth-order valence-corrected chi connectivity index (χ4v) is 3.05. The Balaban J connectivity index is 1.59. The summed E-state index contributed by atoms with van der Waals surface area (Å²) in [6, 6.07) is 5.56. The van der Waals surface area contributed by atoms with E-state index < -0.39 is 0 Å². The van der Waals surface area contributed by atoms with Crippen LogP contribution in [0.2, 0.25) is 0 Å². The molecule has 1 saturated heterocycles. The van der Waals surface area contributed by atoms with E-state index in [0.717, 1.165) is 30.1 Å². The highest BCUT2D eigenvalue weighted by molar-refractivity contribution is 5.74. The number of hydrogen-bond acceptors (Lipinski definition) is 5. The molecule has 0 bridgehead atoms. The SMILES string of the molecule is COCc1ccc(C2CCCN2C(=O)NCc2cc(C(C)C)no2)o1. The number of rotatable bonds is 6. The van der Waals surface area contributed by atoms with E-state index in [0.29, 0.717) is 31.4 Å². The Morgan fingerprint density at radius 1 is 1.44 bits per heavy atom. The molecular formula is C18H25N3O4. The van der Waals surface area contributed by atoms with Gasteiger partial charge in [0.05, 0.1) is 18.3 Å². The summed E-state index contributed by atoms with van der Waals surface area (Å²) < 4.78 is 16.2. The molecule has 1 aliphatic heterocycles. The van der Waals surface area contributed by atoms with Gasteiger partial charge in [0, 0.05) is 19.7 Å². The molecule has 7 heteroatoms. The van der Waals surface area contributed by atoms with Gasteiger partial charge in [0.15, 0.2) is 5.76 Å². The van der Waals surface area contributed by atoms with Crippen LogP contribution in [0.25, 0.3) is 0 Å². The van der Waals surface area contributed by atoms with E-state index >= 15 is 0 Å². The van der Waals surface area contributed by atoms with E-state index in [4.69, 9.17) is 13.7 Å². The van der Waals surface area contributed by atoms with Crippen LogP contribution >= 0.6 is 0 Å². The summed E-state index contributed by atoms with van der Waals surface area (Å²) >= 11 is 0. The smallest absolute Gasteiger partial charge is 0.318 e. The van der Waals surface area contributed by atoms with E-state index in [1.165, 1.54) is 0 Å². The number of carbonyl (C=O) groups excluding carboxylic acids is 1. The van der Waals surface area contributed by atoms with Crippen LogP contribution < -0.4 is 5.32 Å². The largest absolute Gasteiger partial charge is 0.461 e. The summed E-state index contributed by atoms with van der Waals surface area (Å²) in [5.41, 5.74) is 0.893. The Kier molecular flexibility index (Phi) is 5.43. The Labute approximate surface area is 147 Å². The first-order valence-corrected chi connectivity index (χ1v) is 8.66. The van der Waals surface area contributed by atoms with Gasteiger partial charge in [0.1, 0.15) is 18.1 Å². The second-order valence-corrected chi connectivity index (χ2v) is 6.62. The molecule has 0 spiro atoms. The molecule has 0 aromatic carbocycles. The minimum atomic E-state index is -0.116. The van der Waals surface area contributed by atoms with Crippen LogP contribution in [0.15, 0.2) is 27.1 Å². The van der Waals surface area contributed by atoms with Crippen molar-refractivity contribution in [2.75, 3.05) is 13.7 Å². The predicted octanol–water partition coefficient (Wildman–Crippen LogP) is 3.58. The summed E-state index contributed by atoms with van der Waals surface area (Å²) in [5, 5.41) is 6.92. The van der Waals surface area contributed by atoms with Crippen LogP contribution in [-0.2, 0) is 17.9 Å². The Morgan fingerprint density at radius 3 is 3.00 bits per heavy atom. The zero-order valence-electron chi connectivity index (χ0n) is 14.9. The zero-order chi connectivity index (χ0) is 17.8. The topological polar surface area (TPSA) is 80.7 Å². The average molecular weight is 347 g/mol. The maximum atomic E-state index is 12.6. The lowest BCUT2D eigenvalue weighted by Crippen LogP contribution is -2.39. The van der Waals surface area contributed by atoms with Gasteiger partial charge in [-0.25, -0.2) is 4.79 Å². The number of amides is 2. The van der Waals surface area contributed by atoms with E-state index in [1.807, 2.05) is 23.1 Å². The Bertz CT molecular complexity index is 707. The molecule has 1 fully saturated rings. The molecule has 2 amide bonds. The molecule has 3 heterocycles.